The number of rotatable bonds is 6. The molecule has 0 N–H and O–H groups in total. The molecule has 0 amide bonds. The van der Waals surface area contributed by atoms with E-state index in [4.69, 9.17) is 14.1 Å². The predicted octanol–water partition coefficient (Wildman–Crippen LogP) is 6.41. The predicted molar refractivity (Wildman–Crippen MR) is 141 cm³/mol. The van der Waals surface area contributed by atoms with Crippen LogP contribution in [0.4, 0.5) is 4.39 Å². The molecule has 6 aromatic rings. The first-order chi connectivity index (χ1) is 18.2. The molecule has 0 saturated heterocycles. The van der Waals surface area contributed by atoms with E-state index in [0.717, 1.165) is 5.39 Å². The smallest absolute Gasteiger partial charge is 0.282 e. The second-order valence-corrected chi connectivity index (χ2v) is 8.42. The van der Waals surface area contributed by atoms with Gasteiger partial charge in [0, 0.05) is 10.9 Å². The van der Waals surface area contributed by atoms with Gasteiger partial charge in [-0.05, 0) is 54.1 Å². The monoisotopic (exact) mass is 489 g/mol. The summed E-state index contributed by atoms with van der Waals surface area (Å²) in [5.74, 6) is 0.936. The summed E-state index contributed by atoms with van der Waals surface area (Å²) in [7, 11) is 0. The first-order valence-corrected chi connectivity index (χ1v) is 11.7. The van der Waals surface area contributed by atoms with E-state index in [1.165, 1.54) is 16.8 Å². The van der Waals surface area contributed by atoms with Gasteiger partial charge in [0.1, 0.15) is 23.8 Å². The van der Waals surface area contributed by atoms with Crippen molar-refractivity contribution in [2.24, 2.45) is 5.10 Å². The largest absolute Gasteiger partial charge is 0.488 e. The van der Waals surface area contributed by atoms with Gasteiger partial charge >= 0.3 is 0 Å². The molecule has 7 heteroatoms. The maximum Gasteiger partial charge on any atom is 0.282 e. The zero-order chi connectivity index (χ0) is 25.2. The Morgan fingerprint density at radius 2 is 1.73 bits per heavy atom. The first-order valence-electron chi connectivity index (χ1n) is 11.7. The number of aromatic nitrogens is 2. The molecule has 180 valence electrons. The lowest BCUT2D eigenvalue weighted by atomic mass is 10.2. The van der Waals surface area contributed by atoms with Crippen molar-refractivity contribution >= 4 is 28.1 Å². The Bertz CT molecular complexity index is 1800. The fourth-order valence-electron chi connectivity index (χ4n) is 4.11. The molecule has 0 spiro atoms. The number of nitrogens with zero attached hydrogens (tertiary/aromatic N) is 3. The molecule has 0 saturated carbocycles. The van der Waals surface area contributed by atoms with Crippen LogP contribution in [-0.2, 0) is 6.61 Å². The van der Waals surface area contributed by atoms with Crippen molar-refractivity contribution < 1.29 is 13.5 Å². The number of benzene rings is 4. The number of halogens is 1. The third kappa shape index (κ3) is 4.50. The van der Waals surface area contributed by atoms with Crippen LogP contribution < -0.4 is 10.3 Å². The highest BCUT2D eigenvalue weighted by Gasteiger charge is 2.16. The third-order valence-corrected chi connectivity index (χ3v) is 5.91. The molecule has 0 aliphatic rings. The van der Waals surface area contributed by atoms with Crippen molar-refractivity contribution in [2.75, 3.05) is 0 Å². The lowest BCUT2D eigenvalue weighted by Gasteiger charge is -2.10. The third-order valence-electron chi connectivity index (χ3n) is 5.91. The molecule has 0 unspecified atom stereocenters. The summed E-state index contributed by atoms with van der Waals surface area (Å²) in [5.41, 5.74) is 2.26. The van der Waals surface area contributed by atoms with Crippen LogP contribution in [0.2, 0.25) is 0 Å². The minimum Gasteiger partial charge on any atom is -0.488 e. The summed E-state index contributed by atoms with van der Waals surface area (Å²) in [6.45, 7) is 0.185. The summed E-state index contributed by atoms with van der Waals surface area (Å²) in [6.07, 6.45) is 1.55. The van der Waals surface area contributed by atoms with Gasteiger partial charge < -0.3 is 9.15 Å². The topological polar surface area (TPSA) is 69.6 Å². The van der Waals surface area contributed by atoms with Gasteiger partial charge in [-0.15, -0.1) is 0 Å². The van der Waals surface area contributed by atoms with Crippen LogP contribution in [0.25, 0.3) is 33.5 Å². The van der Waals surface area contributed by atoms with Crippen LogP contribution in [0, 0.1) is 5.82 Å². The number of ether oxygens (including phenoxy) is 1. The van der Waals surface area contributed by atoms with Crippen molar-refractivity contribution in [3.8, 4) is 17.3 Å². The zero-order valence-corrected chi connectivity index (χ0v) is 19.5. The molecule has 0 fully saturated rings. The van der Waals surface area contributed by atoms with Crippen LogP contribution in [0.1, 0.15) is 11.1 Å². The lowest BCUT2D eigenvalue weighted by Crippen LogP contribution is -2.20. The minimum atomic E-state index is -0.324. The van der Waals surface area contributed by atoms with E-state index < -0.39 is 0 Å². The number of hydrogen-bond donors (Lipinski definition) is 0. The Balaban J connectivity index is 1.42. The Morgan fingerprint density at radius 3 is 2.62 bits per heavy atom. The molecule has 2 heterocycles. The van der Waals surface area contributed by atoms with Crippen molar-refractivity contribution in [3.05, 3.63) is 130 Å². The Morgan fingerprint density at radius 1 is 0.919 bits per heavy atom. The number of hydrogen-bond acceptors (Lipinski definition) is 5. The van der Waals surface area contributed by atoms with E-state index in [9.17, 15) is 9.18 Å². The standard InChI is InChI=1S/C30H20FN3O3/c31-23-11-7-8-20(16-23)19-36-26-14-5-2-10-22(26)18-32-34-29(28-17-21-9-1-6-15-27(21)37-28)33-25-13-4-3-12-24(25)30(34)35/h1-18H,19H2. The van der Waals surface area contributed by atoms with Crippen LogP contribution in [-0.4, -0.2) is 15.9 Å². The highest BCUT2D eigenvalue weighted by Crippen LogP contribution is 2.27. The average Bonchev–Trinajstić information content (AvgIpc) is 3.36. The molecule has 0 bridgehead atoms. The molecule has 6 nitrogen and oxygen atoms in total. The summed E-state index contributed by atoms with van der Waals surface area (Å²) < 4.78 is 26.8. The fourth-order valence-corrected chi connectivity index (χ4v) is 4.11. The molecular weight excluding hydrogens is 469 g/mol. The Kier molecular flexibility index (Phi) is 5.78. The quantitative estimate of drug-likeness (QED) is 0.254. The maximum atomic E-state index is 13.6. The van der Waals surface area contributed by atoms with Crippen LogP contribution >= 0.6 is 0 Å². The van der Waals surface area contributed by atoms with Gasteiger partial charge in [0.15, 0.2) is 5.76 Å². The van der Waals surface area contributed by atoms with Gasteiger partial charge in [0.25, 0.3) is 5.56 Å². The van der Waals surface area contributed by atoms with E-state index in [-0.39, 0.29) is 23.8 Å². The molecular formula is C30H20FN3O3. The van der Waals surface area contributed by atoms with Gasteiger partial charge in [0.05, 0.1) is 17.1 Å². The van der Waals surface area contributed by atoms with Crippen LogP contribution in [0.5, 0.6) is 5.75 Å². The SMILES string of the molecule is O=c1c2ccccc2nc(-c2cc3ccccc3o2)n1N=Cc1ccccc1OCc1cccc(F)c1. The highest BCUT2D eigenvalue weighted by molar-refractivity contribution is 5.85. The summed E-state index contributed by atoms with van der Waals surface area (Å²) in [6, 6.07) is 30.1. The van der Waals surface area contributed by atoms with E-state index in [0.29, 0.717) is 39.1 Å². The first kappa shape index (κ1) is 22.4. The second kappa shape index (κ2) is 9.54. The molecule has 0 radical (unpaired) electrons. The second-order valence-electron chi connectivity index (χ2n) is 8.42. The Hall–Kier alpha value is -5.04. The maximum absolute atomic E-state index is 13.6. The minimum absolute atomic E-state index is 0.185. The van der Waals surface area contributed by atoms with E-state index >= 15 is 0 Å². The molecule has 0 atom stereocenters. The average molecular weight is 490 g/mol. The van der Waals surface area contributed by atoms with Crippen molar-refractivity contribution in [3.63, 3.8) is 0 Å². The molecule has 0 aliphatic heterocycles. The van der Waals surface area contributed by atoms with Gasteiger partial charge in [-0.1, -0.05) is 54.6 Å². The summed E-state index contributed by atoms with van der Waals surface area (Å²) in [5, 5.41) is 5.85. The number of para-hydroxylation sites is 3. The van der Waals surface area contributed by atoms with Crippen LogP contribution in [0.15, 0.2) is 117 Å². The fraction of sp³-hybridized carbons (Fsp3) is 0.0333. The summed E-state index contributed by atoms with van der Waals surface area (Å²) >= 11 is 0. The number of furan rings is 1. The Labute approximate surface area is 210 Å². The molecule has 37 heavy (non-hydrogen) atoms. The number of fused-ring (bicyclic) bond motifs is 2. The van der Waals surface area contributed by atoms with E-state index in [2.05, 4.69) is 5.10 Å². The van der Waals surface area contributed by atoms with Crippen molar-refractivity contribution in [1.82, 2.24) is 9.66 Å². The van der Waals surface area contributed by atoms with Crippen molar-refractivity contribution in [2.45, 2.75) is 6.61 Å². The molecule has 2 aromatic heterocycles. The van der Waals surface area contributed by atoms with E-state index in [1.807, 2.05) is 54.6 Å². The van der Waals surface area contributed by atoms with Crippen LogP contribution in [0.3, 0.4) is 0 Å². The van der Waals surface area contributed by atoms with Gasteiger partial charge in [-0.2, -0.15) is 9.78 Å². The van der Waals surface area contributed by atoms with Crippen molar-refractivity contribution in [1.29, 1.82) is 0 Å². The van der Waals surface area contributed by atoms with Gasteiger partial charge in [-0.25, -0.2) is 9.37 Å². The van der Waals surface area contributed by atoms with Gasteiger partial charge in [0.2, 0.25) is 5.82 Å². The van der Waals surface area contributed by atoms with E-state index in [1.54, 1.807) is 42.6 Å². The molecule has 0 aliphatic carbocycles. The molecule has 4 aromatic carbocycles. The van der Waals surface area contributed by atoms with Gasteiger partial charge in [-0.3, -0.25) is 4.79 Å². The summed E-state index contributed by atoms with van der Waals surface area (Å²) in [4.78, 5) is 18.2. The molecule has 6 rings (SSSR count). The lowest BCUT2D eigenvalue weighted by molar-refractivity contribution is 0.305. The normalized spacial score (nSPS) is 11.5. The highest BCUT2D eigenvalue weighted by atomic mass is 19.1. The zero-order valence-electron chi connectivity index (χ0n) is 19.5.